The Morgan fingerprint density at radius 1 is 0.757 bits per heavy atom. The molecule has 0 heterocycles. The molecule has 37 heavy (non-hydrogen) atoms. The molecule has 1 amide bonds. The van der Waals surface area contributed by atoms with E-state index in [-0.39, 0.29) is 24.1 Å². The number of aromatic hydroxyl groups is 1. The zero-order valence-corrected chi connectivity index (χ0v) is 22.1. The van der Waals surface area contributed by atoms with Gasteiger partial charge in [0.2, 0.25) is 5.91 Å². The minimum absolute atomic E-state index is 0.00673. The van der Waals surface area contributed by atoms with Crippen LogP contribution in [-0.2, 0) is 22.4 Å². The first-order chi connectivity index (χ1) is 18.0. The number of phenols is 1. The van der Waals surface area contributed by atoms with Gasteiger partial charge in [-0.25, -0.2) is 0 Å². The second-order valence-electron chi connectivity index (χ2n) is 9.39. The lowest BCUT2D eigenvalue weighted by molar-refractivity contribution is -0.137. The van der Waals surface area contributed by atoms with Gasteiger partial charge < -0.3 is 15.5 Å². The van der Waals surface area contributed by atoms with E-state index < -0.39 is 5.97 Å². The Morgan fingerprint density at radius 3 is 2.11 bits per heavy atom. The molecule has 0 aliphatic carbocycles. The Hall–Kier alpha value is -3.25. The van der Waals surface area contributed by atoms with Crippen LogP contribution in [0.2, 0.25) is 0 Å². The number of aryl methyl sites for hydroxylation is 1. The summed E-state index contributed by atoms with van der Waals surface area (Å²) in [4.78, 5) is 24.7. The molecule has 6 heteroatoms. The third-order valence-electron chi connectivity index (χ3n) is 6.25. The van der Waals surface area contributed by atoms with E-state index in [1.54, 1.807) is 23.9 Å². The van der Waals surface area contributed by atoms with E-state index >= 15 is 0 Å². The maximum atomic E-state index is 12.5. The fourth-order valence-corrected chi connectivity index (χ4v) is 5.13. The lowest BCUT2D eigenvalue weighted by atomic mass is 10.1. The lowest BCUT2D eigenvalue weighted by Gasteiger charge is -2.18. The molecule has 1 atom stereocenters. The third-order valence-corrected chi connectivity index (χ3v) is 7.43. The first-order valence-corrected chi connectivity index (χ1v) is 14.0. The first-order valence-electron chi connectivity index (χ1n) is 13.0. The summed E-state index contributed by atoms with van der Waals surface area (Å²) in [6.07, 6.45) is 6.68. The minimum atomic E-state index is -0.844. The molecule has 3 N–H and O–H groups in total. The van der Waals surface area contributed by atoms with Crippen LogP contribution in [0.25, 0.3) is 0 Å². The van der Waals surface area contributed by atoms with Crippen molar-refractivity contribution in [3.63, 3.8) is 0 Å². The van der Waals surface area contributed by atoms with E-state index in [9.17, 15) is 14.7 Å². The number of rotatable bonds is 16. The van der Waals surface area contributed by atoms with E-state index in [0.29, 0.717) is 18.6 Å². The van der Waals surface area contributed by atoms with Crippen molar-refractivity contribution in [3.8, 4) is 5.75 Å². The molecule has 0 radical (unpaired) electrons. The standard InChI is InChI=1S/C31H37NO4S/c33-28-17-12-24(13-18-28)8-4-1-2-7-11-30(34)32-27(16-21-31(35)36)23-37-29-19-14-26(15-20-29)22-25-9-5-3-6-10-25/h3,5-6,9-10,12-15,17-20,27,33H,1-2,4,7-8,11,16,21-23H2,(H,32,34)(H,35,36)/t27-/m0/s1. The van der Waals surface area contributed by atoms with Crippen molar-refractivity contribution in [1.29, 1.82) is 0 Å². The number of carboxylic acid groups (broad SMARTS) is 1. The number of nitrogens with one attached hydrogen (secondary N) is 1. The Kier molecular flexibility index (Phi) is 12.1. The minimum Gasteiger partial charge on any atom is -0.508 e. The fourth-order valence-electron chi connectivity index (χ4n) is 4.16. The molecule has 196 valence electrons. The van der Waals surface area contributed by atoms with Gasteiger partial charge in [-0.1, -0.05) is 67.4 Å². The molecule has 0 saturated heterocycles. The van der Waals surface area contributed by atoms with Gasteiger partial charge in [-0.05, 0) is 73.1 Å². The Bertz CT molecular complexity index is 1080. The van der Waals surface area contributed by atoms with Crippen LogP contribution >= 0.6 is 11.8 Å². The van der Waals surface area contributed by atoms with Crippen LogP contribution < -0.4 is 5.32 Å². The lowest BCUT2D eigenvalue weighted by Crippen LogP contribution is -2.37. The number of phenolic OH excluding ortho intramolecular Hbond substituents is 1. The number of carbonyl (C=O) groups is 2. The second kappa shape index (κ2) is 15.8. The molecule has 3 aromatic carbocycles. The fraction of sp³-hybridized carbons (Fsp3) is 0.355. The van der Waals surface area contributed by atoms with Gasteiger partial charge in [0.15, 0.2) is 0 Å². The highest BCUT2D eigenvalue weighted by atomic mass is 32.2. The van der Waals surface area contributed by atoms with Crippen molar-refractivity contribution in [3.05, 3.63) is 95.6 Å². The highest BCUT2D eigenvalue weighted by molar-refractivity contribution is 7.99. The number of hydrogen-bond acceptors (Lipinski definition) is 4. The number of benzene rings is 3. The van der Waals surface area contributed by atoms with Crippen molar-refractivity contribution in [1.82, 2.24) is 5.32 Å². The van der Waals surface area contributed by atoms with Crippen LogP contribution in [0.15, 0.2) is 83.8 Å². The summed E-state index contributed by atoms with van der Waals surface area (Å²) < 4.78 is 0. The van der Waals surface area contributed by atoms with Gasteiger partial charge in [-0.15, -0.1) is 11.8 Å². The van der Waals surface area contributed by atoms with E-state index in [4.69, 9.17) is 5.11 Å². The van der Waals surface area contributed by atoms with Gasteiger partial charge in [0.1, 0.15) is 5.75 Å². The predicted molar refractivity (Wildman–Crippen MR) is 150 cm³/mol. The summed E-state index contributed by atoms with van der Waals surface area (Å²) in [5, 5.41) is 21.5. The number of amides is 1. The number of carbonyl (C=O) groups excluding carboxylic acids is 1. The maximum Gasteiger partial charge on any atom is 0.303 e. The number of hydrogen-bond donors (Lipinski definition) is 3. The van der Waals surface area contributed by atoms with Gasteiger partial charge in [0.05, 0.1) is 0 Å². The van der Waals surface area contributed by atoms with E-state index in [1.807, 2.05) is 30.3 Å². The molecule has 0 spiro atoms. The second-order valence-corrected chi connectivity index (χ2v) is 10.5. The molecule has 0 saturated carbocycles. The predicted octanol–water partition coefficient (Wildman–Crippen LogP) is 6.62. The highest BCUT2D eigenvalue weighted by Crippen LogP contribution is 2.22. The average molecular weight is 520 g/mol. The molecule has 3 aromatic rings. The summed E-state index contributed by atoms with van der Waals surface area (Å²) in [5.74, 6) is 0.0754. The number of aliphatic carboxylic acids is 1. The van der Waals surface area contributed by atoms with E-state index in [0.717, 1.165) is 43.4 Å². The van der Waals surface area contributed by atoms with Crippen LogP contribution in [0.3, 0.4) is 0 Å². The van der Waals surface area contributed by atoms with Crippen molar-refractivity contribution < 1.29 is 19.8 Å². The smallest absolute Gasteiger partial charge is 0.303 e. The van der Waals surface area contributed by atoms with Crippen LogP contribution in [0, 0.1) is 0 Å². The largest absolute Gasteiger partial charge is 0.508 e. The van der Waals surface area contributed by atoms with Gasteiger partial charge >= 0.3 is 5.97 Å². The maximum absolute atomic E-state index is 12.5. The number of unbranched alkanes of at least 4 members (excludes halogenated alkanes) is 3. The average Bonchev–Trinajstić information content (AvgIpc) is 2.90. The Balaban J connectivity index is 1.37. The van der Waals surface area contributed by atoms with Gasteiger partial charge in [-0.3, -0.25) is 9.59 Å². The van der Waals surface area contributed by atoms with Crippen LogP contribution in [0.4, 0.5) is 0 Å². The number of thioether (sulfide) groups is 1. The summed E-state index contributed by atoms with van der Waals surface area (Å²) in [5.41, 5.74) is 3.73. The highest BCUT2D eigenvalue weighted by Gasteiger charge is 2.15. The van der Waals surface area contributed by atoms with Crippen molar-refractivity contribution in [2.45, 2.75) is 68.7 Å². The summed E-state index contributed by atoms with van der Waals surface area (Å²) in [6, 6.07) is 25.9. The zero-order chi connectivity index (χ0) is 26.3. The Labute approximate surface area is 224 Å². The van der Waals surface area contributed by atoms with Crippen molar-refractivity contribution >= 4 is 23.6 Å². The Morgan fingerprint density at radius 2 is 1.41 bits per heavy atom. The first kappa shape index (κ1) is 28.3. The van der Waals surface area contributed by atoms with Crippen LogP contribution in [-0.4, -0.2) is 33.9 Å². The molecule has 0 aliphatic heterocycles. The van der Waals surface area contributed by atoms with E-state index in [2.05, 4.69) is 41.7 Å². The molecule has 0 aliphatic rings. The molecule has 0 aromatic heterocycles. The van der Waals surface area contributed by atoms with Gasteiger partial charge in [0.25, 0.3) is 0 Å². The molecule has 3 rings (SSSR count). The molecular formula is C31H37NO4S. The van der Waals surface area contributed by atoms with E-state index in [1.165, 1.54) is 16.7 Å². The molecule has 0 bridgehead atoms. The monoisotopic (exact) mass is 519 g/mol. The summed E-state index contributed by atoms with van der Waals surface area (Å²) >= 11 is 1.65. The van der Waals surface area contributed by atoms with Gasteiger partial charge in [-0.2, -0.15) is 0 Å². The van der Waals surface area contributed by atoms with Crippen LogP contribution in [0.1, 0.15) is 61.6 Å². The molecule has 5 nitrogen and oxygen atoms in total. The topological polar surface area (TPSA) is 86.6 Å². The SMILES string of the molecule is O=C(O)CC[C@@H](CSc1ccc(Cc2ccccc2)cc1)NC(=O)CCCCCCc1ccc(O)cc1. The molecule has 0 unspecified atom stereocenters. The van der Waals surface area contributed by atoms with Crippen molar-refractivity contribution in [2.24, 2.45) is 0 Å². The van der Waals surface area contributed by atoms with Crippen LogP contribution in [0.5, 0.6) is 5.75 Å². The molecular weight excluding hydrogens is 482 g/mol. The third kappa shape index (κ3) is 11.6. The summed E-state index contributed by atoms with van der Waals surface area (Å²) in [6.45, 7) is 0. The zero-order valence-electron chi connectivity index (χ0n) is 21.3. The number of carboxylic acids is 1. The van der Waals surface area contributed by atoms with Gasteiger partial charge in [0, 0.05) is 29.5 Å². The quantitative estimate of drug-likeness (QED) is 0.146. The van der Waals surface area contributed by atoms with Crippen molar-refractivity contribution in [2.75, 3.05) is 5.75 Å². The summed E-state index contributed by atoms with van der Waals surface area (Å²) in [7, 11) is 0. The molecule has 0 fully saturated rings. The normalized spacial score (nSPS) is 11.7.